The summed E-state index contributed by atoms with van der Waals surface area (Å²) in [5.74, 6) is -2.05. The third-order valence-corrected chi connectivity index (χ3v) is 12.0. The molecule has 16 heteroatoms. The van der Waals surface area contributed by atoms with Crippen molar-refractivity contribution >= 4 is 45.8 Å². The number of carbonyl (C=O) groups is 4. The van der Waals surface area contributed by atoms with Gasteiger partial charge in [0.15, 0.2) is 5.82 Å². The molecule has 2 saturated heterocycles. The summed E-state index contributed by atoms with van der Waals surface area (Å²) in [6.07, 6.45) is 0.105. The van der Waals surface area contributed by atoms with Crippen molar-refractivity contribution in [1.82, 2.24) is 35.0 Å². The molecule has 0 saturated carbocycles. The Kier molecular flexibility index (Phi) is 14.0. The van der Waals surface area contributed by atoms with E-state index in [9.17, 15) is 28.0 Å². The zero-order valence-electron chi connectivity index (χ0n) is 37.3. The van der Waals surface area contributed by atoms with Crippen molar-refractivity contribution in [3.05, 3.63) is 89.5 Å². The van der Waals surface area contributed by atoms with E-state index in [0.29, 0.717) is 59.3 Å². The zero-order valence-corrected chi connectivity index (χ0v) is 37.3. The number of halogens is 3. The van der Waals surface area contributed by atoms with E-state index < -0.39 is 59.5 Å². The van der Waals surface area contributed by atoms with Gasteiger partial charge < -0.3 is 34.1 Å². The molecule has 64 heavy (non-hydrogen) atoms. The SMILES string of the molecule is CC[C@H](NCC(=O)OCc1ccccc1)C(=O)N1CCC[C@H]1Cc1c(-c2nc3cc(F)ccc3n2C[C@@H]2C[C@H](F)CN2C(=O)[C@@H](NC(=O)OC(C)(C)C)C(C)C)[nH]c2cc(F)ccc12. The fraction of sp³-hybridized carbons (Fsp3) is 0.479. The summed E-state index contributed by atoms with van der Waals surface area (Å²) in [5, 5.41) is 6.51. The Hall–Kier alpha value is -5.90. The molecule has 3 aromatic carbocycles. The average molecular weight is 886 g/mol. The Morgan fingerprint density at radius 3 is 2.41 bits per heavy atom. The number of nitrogens with one attached hydrogen (secondary N) is 3. The van der Waals surface area contributed by atoms with Crippen molar-refractivity contribution in [3.8, 4) is 11.5 Å². The first-order chi connectivity index (χ1) is 30.5. The van der Waals surface area contributed by atoms with Gasteiger partial charge >= 0.3 is 12.1 Å². The lowest BCUT2D eigenvalue weighted by Crippen LogP contribution is -2.53. The van der Waals surface area contributed by atoms with Crippen molar-refractivity contribution in [3.63, 3.8) is 0 Å². The van der Waals surface area contributed by atoms with Gasteiger partial charge in [0.2, 0.25) is 11.8 Å². The molecular formula is C48H58F3N7O6. The monoisotopic (exact) mass is 885 g/mol. The molecule has 5 atom stereocenters. The highest BCUT2D eigenvalue weighted by molar-refractivity contribution is 5.92. The molecule has 2 aliphatic rings. The second-order valence-corrected chi connectivity index (χ2v) is 18.2. The van der Waals surface area contributed by atoms with E-state index in [1.807, 2.05) is 46.7 Å². The fourth-order valence-electron chi connectivity index (χ4n) is 8.93. The summed E-state index contributed by atoms with van der Waals surface area (Å²) in [6, 6.07) is 15.4. The highest BCUT2D eigenvalue weighted by Gasteiger charge is 2.41. The molecular weight excluding hydrogens is 828 g/mol. The number of hydrogen-bond donors (Lipinski definition) is 3. The first-order valence-corrected chi connectivity index (χ1v) is 22.1. The van der Waals surface area contributed by atoms with Crippen molar-refractivity contribution < 1.29 is 41.8 Å². The number of aromatic nitrogens is 3. The smallest absolute Gasteiger partial charge is 0.408 e. The van der Waals surface area contributed by atoms with Crippen molar-refractivity contribution in [1.29, 1.82) is 0 Å². The third kappa shape index (κ3) is 10.5. The predicted octanol–water partition coefficient (Wildman–Crippen LogP) is 7.60. The maximum Gasteiger partial charge on any atom is 0.408 e. The van der Waals surface area contributed by atoms with Crippen molar-refractivity contribution in [2.24, 2.45) is 5.92 Å². The average Bonchev–Trinajstić information content (AvgIpc) is 4.03. The summed E-state index contributed by atoms with van der Waals surface area (Å²) in [4.78, 5) is 65.6. The van der Waals surface area contributed by atoms with Crippen LogP contribution in [0.3, 0.4) is 0 Å². The Labute approximate surface area is 371 Å². The first-order valence-electron chi connectivity index (χ1n) is 22.1. The number of fused-ring (bicyclic) bond motifs is 2. The van der Waals surface area contributed by atoms with Crippen LogP contribution in [0.5, 0.6) is 0 Å². The zero-order chi connectivity index (χ0) is 45.9. The predicted molar refractivity (Wildman–Crippen MR) is 237 cm³/mol. The normalized spacial score (nSPS) is 18.8. The molecule has 0 radical (unpaired) electrons. The Morgan fingerprint density at radius 2 is 1.69 bits per heavy atom. The number of ether oxygens (including phenoxy) is 2. The first kappa shape index (κ1) is 46.1. The van der Waals surface area contributed by atoms with Crippen LogP contribution >= 0.6 is 0 Å². The van der Waals surface area contributed by atoms with Gasteiger partial charge in [0.25, 0.3) is 0 Å². The van der Waals surface area contributed by atoms with E-state index >= 15 is 4.39 Å². The summed E-state index contributed by atoms with van der Waals surface area (Å²) in [5.41, 5.74) is 2.67. The Bertz CT molecular complexity index is 2480. The van der Waals surface area contributed by atoms with Gasteiger partial charge in [-0.3, -0.25) is 19.7 Å². The van der Waals surface area contributed by atoms with Gasteiger partial charge in [0, 0.05) is 42.5 Å². The van der Waals surface area contributed by atoms with E-state index in [0.717, 1.165) is 17.5 Å². The number of hydrogen-bond acceptors (Lipinski definition) is 8. The summed E-state index contributed by atoms with van der Waals surface area (Å²) >= 11 is 0. The lowest BCUT2D eigenvalue weighted by molar-refractivity contribution is -0.144. The van der Waals surface area contributed by atoms with E-state index in [2.05, 4.69) is 15.6 Å². The number of alkyl carbamates (subject to hydrolysis) is 1. The largest absolute Gasteiger partial charge is 0.460 e. The third-order valence-electron chi connectivity index (χ3n) is 12.0. The number of aromatic amines is 1. The van der Waals surface area contributed by atoms with Crippen LogP contribution in [-0.2, 0) is 43.4 Å². The summed E-state index contributed by atoms with van der Waals surface area (Å²) in [6.45, 7) is 11.0. The van der Waals surface area contributed by atoms with Gasteiger partial charge in [-0.05, 0) is 93.8 Å². The van der Waals surface area contributed by atoms with Crippen LogP contribution in [-0.4, -0.2) is 104 Å². The number of carbonyl (C=O) groups excluding carboxylic acids is 4. The van der Waals surface area contributed by atoms with E-state index in [-0.39, 0.29) is 50.5 Å². The van der Waals surface area contributed by atoms with Crippen LogP contribution in [0.1, 0.15) is 78.4 Å². The Balaban J connectivity index is 1.18. The number of likely N-dealkylation sites (tertiary alicyclic amines) is 2. The van der Waals surface area contributed by atoms with Gasteiger partial charge in [0.1, 0.15) is 36.1 Å². The van der Waals surface area contributed by atoms with E-state index in [1.54, 1.807) is 46.8 Å². The van der Waals surface area contributed by atoms with Crippen molar-refractivity contribution in [2.75, 3.05) is 19.6 Å². The van der Waals surface area contributed by atoms with Gasteiger partial charge in [-0.15, -0.1) is 0 Å². The molecule has 0 aliphatic carbocycles. The van der Waals surface area contributed by atoms with E-state index in [1.165, 1.54) is 29.2 Å². The second kappa shape index (κ2) is 19.5. The fourth-order valence-corrected chi connectivity index (χ4v) is 8.93. The molecule has 0 unspecified atom stereocenters. The number of H-pyrrole nitrogens is 1. The van der Waals surface area contributed by atoms with Gasteiger partial charge in [-0.25, -0.2) is 22.9 Å². The summed E-state index contributed by atoms with van der Waals surface area (Å²) in [7, 11) is 0. The molecule has 13 nitrogen and oxygen atoms in total. The quantitative estimate of drug-likeness (QED) is 0.0911. The molecule has 3 N–H and O–H groups in total. The second-order valence-electron chi connectivity index (χ2n) is 18.2. The summed E-state index contributed by atoms with van der Waals surface area (Å²) < 4.78 is 57.9. The van der Waals surface area contributed by atoms with Gasteiger partial charge in [-0.1, -0.05) is 51.1 Å². The number of amides is 3. The molecule has 2 aromatic heterocycles. The number of benzene rings is 3. The minimum absolute atomic E-state index is 0.00456. The molecule has 342 valence electrons. The van der Waals surface area contributed by atoms with Crippen LogP contribution < -0.4 is 10.6 Å². The van der Waals surface area contributed by atoms with Gasteiger partial charge in [-0.2, -0.15) is 0 Å². The number of rotatable bonds is 15. The standard InChI is InChI=1S/C48H58F3N7O6/c1-7-37(52-24-41(59)63-27-29-12-9-8-10-13-29)45(60)56-19-11-14-33(56)23-36-35-17-15-30(49)21-38(35)53-43(36)44-54-39-22-31(50)16-18-40(39)58(44)26-34-20-32(51)25-57(34)46(61)42(28(2)3)55-47(62)64-48(4,5)6/h8-10,12-13,15-18,21-22,28,32-34,37,42,52-53H,7,11,14,19-20,23-27H2,1-6H3,(H,55,62)/t32-,33-,34-,37-,42-/m0/s1. The van der Waals surface area contributed by atoms with Crippen LogP contribution in [0.4, 0.5) is 18.0 Å². The molecule has 0 spiro atoms. The Morgan fingerprint density at radius 1 is 0.953 bits per heavy atom. The molecule has 2 fully saturated rings. The highest BCUT2D eigenvalue weighted by atomic mass is 19.1. The highest BCUT2D eigenvalue weighted by Crippen LogP contribution is 2.37. The maximum absolute atomic E-state index is 15.5. The molecule has 7 rings (SSSR count). The van der Waals surface area contributed by atoms with Crippen LogP contribution in [0, 0.1) is 17.6 Å². The van der Waals surface area contributed by atoms with Crippen molar-refractivity contribution in [2.45, 2.75) is 123 Å². The molecule has 3 amide bonds. The lowest BCUT2D eigenvalue weighted by atomic mass is 9.99. The van der Waals surface area contributed by atoms with Crippen LogP contribution in [0.25, 0.3) is 33.5 Å². The number of imidazole rings is 1. The molecule has 4 heterocycles. The topological polar surface area (TPSA) is 151 Å². The maximum atomic E-state index is 15.5. The minimum atomic E-state index is -1.35. The molecule has 2 aliphatic heterocycles. The number of alkyl halides is 1. The van der Waals surface area contributed by atoms with Gasteiger partial charge in [0.05, 0.1) is 41.9 Å². The van der Waals surface area contributed by atoms with E-state index in [4.69, 9.17) is 14.5 Å². The van der Waals surface area contributed by atoms with Crippen LogP contribution in [0.2, 0.25) is 0 Å². The molecule has 5 aromatic rings. The van der Waals surface area contributed by atoms with Crippen LogP contribution in [0.15, 0.2) is 66.7 Å². The molecule has 0 bridgehead atoms. The number of esters is 1. The minimum Gasteiger partial charge on any atom is -0.460 e. The number of nitrogens with zero attached hydrogens (tertiary/aromatic N) is 4. The lowest BCUT2D eigenvalue weighted by Gasteiger charge is -2.32.